The van der Waals surface area contributed by atoms with Crippen LogP contribution in [0.1, 0.15) is 15.9 Å². The molecule has 0 fully saturated rings. The molecule has 0 aliphatic rings. The molecule has 6 heteroatoms. The van der Waals surface area contributed by atoms with Crippen molar-refractivity contribution in [3.05, 3.63) is 108 Å². The molecule has 0 bridgehead atoms. The average molecular weight is 450 g/mol. The van der Waals surface area contributed by atoms with Crippen molar-refractivity contribution in [2.45, 2.75) is 6.92 Å². The molecule has 0 saturated carbocycles. The number of imidazole rings is 1. The zero-order valence-corrected chi connectivity index (χ0v) is 18.9. The zero-order chi connectivity index (χ0) is 23.5. The molecule has 5 aromatic rings. The summed E-state index contributed by atoms with van der Waals surface area (Å²) in [6.07, 6.45) is 3.94. The first-order chi connectivity index (χ1) is 16.6. The van der Waals surface area contributed by atoms with E-state index in [0.717, 1.165) is 28.2 Å². The Morgan fingerprint density at radius 3 is 2.41 bits per heavy atom. The number of methoxy groups -OCH3 is 1. The number of aromatic nitrogens is 2. The van der Waals surface area contributed by atoms with Crippen LogP contribution in [-0.2, 0) is 0 Å². The van der Waals surface area contributed by atoms with E-state index in [4.69, 9.17) is 14.5 Å². The van der Waals surface area contributed by atoms with Gasteiger partial charge in [-0.05, 0) is 73.2 Å². The van der Waals surface area contributed by atoms with Gasteiger partial charge in [0.05, 0.1) is 18.5 Å². The number of carbonyl (C=O) groups excluding carboxylic acids is 1. The van der Waals surface area contributed by atoms with Crippen LogP contribution in [0.25, 0.3) is 16.9 Å². The normalized spacial score (nSPS) is 10.8. The van der Waals surface area contributed by atoms with Gasteiger partial charge in [0.2, 0.25) is 0 Å². The van der Waals surface area contributed by atoms with Gasteiger partial charge in [0.1, 0.15) is 22.9 Å². The number of carbonyl (C=O) groups is 1. The maximum atomic E-state index is 13.0. The van der Waals surface area contributed by atoms with Gasteiger partial charge in [-0.3, -0.25) is 4.79 Å². The molecular weight excluding hydrogens is 426 g/mol. The molecule has 2 heterocycles. The SMILES string of the molecule is COc1ccc(-c2cn3cccc(C)c3n2)cc1NC(=O)c1ccc(Oc2ccccc2)cc1. The number of ether oxygens (including phenoxy) is 2. The van der Waals surface area contributed by atoms with E-state index in [9.17, 15) is 4.79 Å². The fraction of sp³-hybridized carbons (Fsp3) is 0.0714. The third-order valence-corrected chi connectivity index (χ3v) is 5.52. The van der Waals surface area contributed by atoms with E-state index >= 15 is 0 Å². The van der Waals surface area contributed by atoms with Crippen LogP contribution in [0.3, 0.4) is 0 Å². The van der Waals surface area contributed by atoms with Gasteiger partial charge in [0, 0.05) is 23.5 Å². The van der Waals surface area contributed by atoms with Gasteiger partial charge in [-0.1, -0.05) is 24.3 Å². The highest BCUT2D eigenvalue weighted by molar-refractivity contribution is 6.05. The van der Waals surface area contributed by atoms with Crippen molar-refractivity contribution in [2.24, 2.45) is 0 Å². The van der Waals surface area contributed by atoms with Crippen LogP contribution in [0.2, 0.25) is 0 Å². The van der Waals surface area contributed by atoms with Gasteiger partial charge < -0.3 is 19.2 Å². The molecular formula is C28H23N3O3. The lowest BCUT2D eigenvalue weighted by Gasteiger charge is -2.12. The van der Waals surface area contributed by atoms with Crippen LogP contribution < -0.4 is 14.8 Å². The third-order valence-electron chi connectivity index (χ3n) is 5.52. The molecule has 168 valence electrons. The van der Waals surface area contributed by atoms with Gasteiger partial charge in [-0.2, -0.15) is 0 Å². The van der Waals surface area contributed by atoms with Crippen LogP contribution in [0.4, 0.5) is 5.69 Å². The first-order valence-corrected chi connectivity index (χ1v) is 10.9. The van der Waals surface area contributed by atoms with Crippen LogP contribution in [0.5, 0.6) is 17.2 Å². The highest BCUT2D eigenvalue weighted by atomic mass is 16.5. The van der Waals surface area contributed by atoms with Gasteiger partial charge in [-0.25, -0.2) is 4.98 Å². The number of nitrogens with zero attached hydrogens (tertiary/aromatic N) is 2. The van der Waals surface area contributed by atoms with E-state index in [0.29, 0.717) is 22.7 Å². The fourth-order valence-corrected chi connectivity index (χ4v) is 3.75. The Bertz CT molecular complexity index is 1460. The lowest BCUT2D eigenvalue weighted by molar-refractivity contribution is 0.102. The molecule has 0 spiro atoms. The number of pyridine rings is 1. The number of amides is 1. The Kier molecular flexibility index (Phi) is 5.70. The Hall–Kier alpha value is -4.58. The maximum Gasteiger partial charge on any atom is 0.255 e. The number of hydrogen-bond donors (Lipinski definition) is 1. The molecule has 0 aliphatic heterocycles. The van der Waals surface area contributed by atoms with Crippen LogP contribution >= 0.6 is 0 Å². The van der Waals surface area contributed by atoms with Crippen LogP contribution in [0, 0.1) is 6.92 Å². The Balaban J connectivity index is 1.37. The minimum absolute atomic E-state index is 0.243. The molecule has 5 rings (SSSR count). The highest BCUT2D eigenvalue weighted by Crippen LogP contribution is 2.31. The number of anilines is 1. The second kappa shape index (κ2) is 9.11. The standard InChI is InChI=1S/C28H23N3O3/c1-19-7-6-16-31-18-25(29-27(19)31)21-12-15-26(33-2)24(17-21)30-28(32)20-10-13-23(14-11-20)34-22-8-4-3-5-9-22/h3-18H,1-2H3,(H,30,32). The predicted molar refractivity (Wildman–Crippen MR) is 133 cm³/mol. The van der Waals surface area contributed by atoms with Crippen molar-refractivity contribution in [2.75, 3.05) is 12.4 Å². The molecule has 0 atom stereocenters. The zero-order valence-electron chi connectivity index (χ0n) is 18.9. The summed E-state index contributed by atoms with van der Waals surface area (Å²) in [7, 11) is 1.58. The molecule has 0 saturated heterocycles. The van der Waals surface area contributed by atoms with Crippen molar-refractivity contribution in [3.8, 4) is 28.5 Å². The Labute approximate surface area is 197 Å². The van der Waals surface area contributed by atoms with Crippen LogP contribution in [-0.4, -0.2) is 22.4 Å². The van der Waals surface area contributed by atoms with Crippen LogP contribution in [0.15, 0.2) is 97.3 Å². The minimum Gasteiger partial charge on any atom is -0.495 e. The smallest absolute Gasteiger partial charge is 0.255 e. The van der Waals surface area contributed by atoms with Crippen molar-refractivity contribution in [3.63, 3.8) is 0 Å². The largest absolute Gasteiger partial charge is 0.495 e. The summed E-state index contributed by atoms with van der Waals surface area (Å²) in [4.78, 5) is 17.7. The van der Waals surface area contributed by atoms with Crippen molar-refractivity contribution in [1.82, 2.24) is 9.38 Å². The highest BCUT2D eigenvalue weighted by Gasteiger charge is 2.13. The summed E-state index contributed by atoms with van der Waals surface area (Å²) in [5.74, 6) is 1.72. The Morgan fingerprint density at radius 1 is 0.912 bits per heavy atom. The molecule has 6 nitrogen and oxygen atoms in total. The van der Waals surface area contributed by atoms with Gasteiger partial charge in [0.25, 0.3) is 5.91 Å². The van der Waals surface area contributed by atoms with Crippen molar-refractivity contribution >= 4 is 17.2 Å². The molecule has 2 aromatic heterocycles. The van der Waals surface area contributed by atoms with Crippen molar-refractivity contribution < 1.29 is 14.3 Å². The van der Waals surface area contributed by atoms with E-state index in [2.05, 4.69) is 5.32 Å². The van der Waals surface area contributed by atoms with Crippen molar-refractivity contribution in [1.29, 1.82) is 0 Å². The van der Waals surface area contributed by atoms with Gasteiger partial charge in [0.15, 0.2) is 0 Å². The summed E-state index contributed by atoms with van der Waals surface area (Å²) in [6.45, 7) is 2.03. The molecule has 1 N–H and O–H groups in total. The second-order valence-corrected chi connectivity index (χ2v) is 7.86. The number of hydrogen-bond acceptors (Lipinski definition) is 4. The van der Waals surface area contributed by atoms with E-state index in [1.54, 1.807) is 31.4 Å². The summed E-state index contributed by atoms with van der Waals surface area (Å²) >= 11 is 0. The second-order valence-electron chi connectivity index (χ2n) is 7.86. The number of fused-ring (bicyclic) bond motifs is 1. The van der Waals surface area contributed by atoms with E-state index in [1.165, 1.54) is 0 Å². The van der Waals surface area contributed by atoms with E-state index in [-0.39, 0.29) is 5.91 Å². The summed E-state index contributed by atoms with van der Waals surface area (Å²) in [6, 6.07) is 26.2. The molecule has 0 radical (unpaired) electrons. The fourth-order valence-electron chi connectivity index (χ4n) is 3.75. The quantitative estimate of drug-likeness (QED) is 0.327. The summed E-state index contributed by atoms with van der Waals surface area (Å²) in [5, 5.41) is 2.96. The Morgan fingerprint density at radius 2 is 1.68 bits per heavy atom. The van der Waals surface area contributed by atoms with Gasteiger partial charge >= 0.3 is 0 Å². The average Bonchev–Trinajstić information content (AvgIpc) is 3.31. The number of benzene rings is 3. The number of nitrogens with one attached hydrogen (secondary N) is 1. The lowest BCUT2D eigenvalue weighted by Crippen LogP contribution is -2.12. The topological polar surface area (TPSA) is 64.9 Å². The predicted octanol–water partition coefficient (Wildman–Crippen LogP) is 6.36. The number of rotatable bonds is 6. The number of aryl methyl sites for hydroxylation is 1. The minimum atomic E-state index is -0.243. The lowest BCUT2D eigenvalue weighted by atomic mass is 10.1. The first-order valence-electron chi connectivity index (χ1n) is 10.9. The van der Waals surface area contributed by atoms with E-state index in [1.807, 2.05) is 84.4 Å². The van der Waals surface area contributed by atoms with E-state index < -0.39 is 0 Å². The summed E-state index contributed by atoms with van der Waals surface area (Å²) < 4.78 is 13.3. The number of para-hydroxylation sites is 1. The monoisotopic (exact) mass is 449 g/mol. The first kappa shape index (κ1) is 21.3. The van der Waals surface area contributed by atoms with Gasteiger partial charge in [-0.15, -0.1) is 0 Å². The molecule has 1 amide bonds. The maximum absolute atomic E-state index is 13.0. The molecule has 0 aliphatic carbocycles. The summed E-state index contributed by atoms with van der Waals surface area (Å²) in [5.41, 5.74) is 4.77. The molecule has 3 aromatic carbocycles. The molecule has 0 unspecified atom stereocenters. The molecule has 34 heavy (non-hydrogen) atoms. The third kappa shape index (κ3) is 4.34.